The second-order valence-corrected chi connectivity index (χ2v) is 7.99. The van der Waals surface area contributed by atoms with Crippen molar-refractivity contribution in [2.24, 2.45) is 0 Å². The predicted octanol–water partition coefficient (Wildman–Crippen LogP) is 4.59. The fourth-order valence-corrected chi connectivity index (χ4v) is 4.44. The Morgan fingerprint density at radius 2 is 2.14 bits per heavy atom. The highest BCUT2D eigenvalue weighted by Gasteiger charge is 2.26. The Labute approximate surface area is 173 Å². The van der Waals surface area contributed by atoms with Gasteiger partial charge in [-0.2, -0.15) is 0 Å². The standard InChI is InChI=1S/C22H23FN2O3S/c1-2-27-16-10-8-15(9-11-16)13-20(26)25(14-17-5-4-12-28-17)22-24-21-18(23)6-3-7-19(21)29-22/h3,6-11,17H,2,4-5,12-14H2,1H3/t17-/m1/s1. The lowest BCUT2D eigenvalue weighted by atomic mass is 10.1. The van der Waals surface area contributed by atoms with Gasteiger partial charge in [0.1, 0.15) is 17.1 Å². The maximum Gasteiger partial charge on any atom is 0.233 e. The van der Waals surface area contributed by atoms with Gasteiger partial charge < -0.3 is 9.47 Å². The molecule has 1 fully saturated rings. The SMILES string of the molecule is CCOc1ccc(CC(=O)N(C[C@H]2CCCO2)c2nc3c(F)cccc3s2)cc1. The van der Waals surface area contributed by atoms with Crippen LogP contribution in [0.4, 0.5) is 9.52 Å². The van der Waals surface area contributed by atoms with Gasteiger partial charge in [-0.1, -0.05) is 29.5 Å². The van der Waals surface area contributed by atoms with E-state index < -0.39 is 0 Å². The van der Waals surface area contributed by atoms with Gasteiger partial charge in [0.15, 0.2) is 5.13 Å². The molecule has 1 aromatic heterocycles. The topological polar surface area (TPSA) is 51.7 Å². The molecule has 1 aliphatic rings. The van der Waals surface area contributed by atoms with E-state index in [1.165, 1.54) is 17.4 Å². The van der Waals surface area contributed by atoms with E-state index in [0.717, 1.165) is 28.9 Å². The molecule has 1 amide bonds. The second-order valence-electron chi connectivity index (χ2n) is 6.98. The van der Waals surface area contributed by atoms with Gasteiger partial charge in [-0.05, 0) is 49.6 Å². The molecule has 0 bridgehead atoms. The smallest absolute Gasteiger partial charge is 0.233 e. The molecule has 2 heterocycles. The molecule has 0 radical (unpaired) electrons. The summed E-state index contributed by atoms with van der Waals surface area (Å²) in [5.41, 5.74) is 1.20. The number of carbonyl (C=O) groups excluding carboxylic acids is 1. The maximum atomic E-state index is 14.1. The van der Waals surface area contributed by atoms with Crippen LogP contribution in [-0.4, -0.2) is 36.8 Å². The number of amides is 1. The number of nitrogens with zero attached hydrogens (tertiary/aromatic N) is 2. The summed E-state index contributed by atoms with van der Waals surface area (Å²) in [5.74, 6) is 0.326. The normalized spacial score (nSPS) is 16.3. The van der Waals surface area contributed by atoms with Crippen LogP contribution in [0.25, 0.3) is 10.2 Å². The molecule has 1 atom stereocenters. The van der Waals surface area contributed by atoms with Gasteiger partial charge in [-0.3, -0.25) is 9.69 Å². The number of ether oxygens (including phenoxy) is 2. The number of halogens is 1. The predicted molar refractivity (Wildman–Crippen MR) is 112 cm³/mol. The van der Waals surface area contributed by atoms with E-state index >= 15 is 0 Å². The first-order valence-electron chi connectivity index (χ1n) is 9.83. The minimum absolute atomic E-state index is 0.0175. The van der Waals surface area contributed by atoms with Crippen molar-refractivity contribution in [1.29, 1.82) is 0 Å². The van der Waals surface area contributed by atoms with E-state index in [2.05, 4.69) is 4.98 Å². The molecule has 0 spiro atoms. The molecule has 2 aromatic carbocycles. The van der Waals surface area contributed by atoms with Crippen LogP contribution in [0.15, 0.2) is 42.5 Å². The molecule has 0 saturated carbocycles. The monoisotopic (exact) mass is 414 g/mol. The van der Waals surface area contributed by atoms with Crippen molar-refractivity contribution in [2.45, 2.75) is 32.3 Å². The molecule has 29 heavy (non-hydrogen) atoms. The minimum Gasteiger partial charge on any atom is -0.494 e. The number of fused-ring (bicyclic) bond motifs is 1. The van der Waals surface area contributed by atoms with Gasteiger partial charge in [0, 0.05) is 6.61 Å². The van der Waals surface area contributed by atoms with E-state index in [4.69, 9.17) is 9.47 Å². The highest BCUT2D eigenvalue weighted by Crippen LogP contribution is 2.31. The lowest BCUT2D eigenvalue weighted by Gasteiger charge is -2.23. The van der Waals surface area contributed by atoms with Crippen LogP contribution in [0.3, 0.4) is 0 Å². The molecule has 1 saturated heterocycles. The highest BCUT2D eigenvalue weighted by atomic mass is 32.1. The first kappa shape index (κ1) is 19.8. The highest BCUT2D eigenvalue weighted by molar-refractivity contribution is 7.22. The zero-order valence-corrected chi connectivity index (χ0v) is 17.1. The van der Waals surface area contributed by atoms with Gasteiger partial charge in [0.25, 0.3) is 0 Å². The molecule has 4 rings (SSSR count). The average molecular weight is 415 g/mol. The van der Waals surface area contributed by atoms with Crippen molar-refractivity contribution in [3.05, 3.63) is 53.8 Å². The number of carbonyl (C=O) groups is 1. The van der Waals surface area contributed by atoms with Crippen molar-refractivity contribution >= 4 is 32.6 Å². The quantitative estimate of drug-likeness (QED) is 0.568. The van der Waals surface area contributed by atoms with E-state index in [0.29, 0.717) is 30.4 Å². The molecular weight excluding hydrogens is 391 g/mol. The third-order valence-corrected chi connectivity index (χ3v) is 5.93. The number of hydrogen-bond acceptors (Lipinski definition) is 5. The Morgan fingerprint density at radius 1 is 1.31 bits per heavy atom. The zero-order chi connectivity index (χ0) is 20.2. The van der Waals surface area contributed by atoms with Gasteiger partial charge in [0.05, 0.1) is 30.4 Å². The summed E-state index contributed by atoms with van der Waals surface area (Å²) >= 11 is 1.33. The molecule has 0 N–H and O–H groups in total. The summed E-state index contributed by atoms with van der Waals surface area (Å²) in [5, 5.41) is 0.511. The van der Waals surface area contributed by atoms with Crippen LogP contribution >= 0.6 is 11.3 Å². The molecule has 0 aliphatic carbocycles. The number of hydrogen-bond donors (Lipinski definition) is 0. The first-order valence-corrected chi connectivity index (χ1v) is 10.6. The van der Waals surface area contributed by atoms with E-state index in [1.54, 1.807) is 11.0 Å². The number of thiazole rings is 1. The van der Waals surface area contributed by atoms with Crippen LogP contribution < -0.4 is 9.64 Å². The van der Waals surface area contributed by atoms with Crippen molar-refractivity contribution in [2.75, 3.05) is 24.7 Å². The van der Waals surface area contributed by atoms with Gasteiger partial charge in [-0.15, -0.1) is 0 Å². The van der Waals surface area contributed by atoms with Crippen LogP contribution in [0, 0.1) is 5.82 Å². The van der Waals surface area contributed by atoms with Crippen molar-refractivity contribution in [3.63, 3.8) is 0 Å². The summed E-state index contributed by atoms with van der Waals surface area (Å²) in [6.07, 6.45) is 2.11. The Morgan fingerprint density at radius 3 is 2.83 bits per heavy atom. The Hall–Kier alpha value is -2.51. The van der Waals surface area contributed by atoms with E-state index in [-0.39, 0.29) is 24.2 Å². The molecule has 5 nitrogen and oxygen atoms in total. The number of rotatable bonds is 7. The summed E-state index contributed by atoms with van der Waals surface area (Å²) < 4.78 is 26.0. The Kier molecular flexibility index (Phi) is 6.06. The van der Waals surface area contributed by atoms with Crippen LogP contribution in [0.2, 0.25) is 0 Å². The fraction of sp³-hybridized carbons (Fsp3) is 0.364. The third kappa shape index (κ3) is 4.57. The number of anilines is 1. The molecule has 7 heteroatoms. The van der Waals surface area contributed by atoms with Crippen molar-refractivity contribution in [1.82, 2.24) is 4.98 Å². The van der Waals surface area contributed by atoms with Crippen molar-refractivity contribution in [3.8, 4) is 5.75 Å². The molecule has 1 aliphatic heterocycles. The van der Waals surface area contributed by atoms with Gasteiger partial charge in [-0.25, -0.2) is 9.37 Å². The lowest BCUT2D eigenvalue weighted by molar-refractivity contribution is -0.118. The van der Waals surface area contributed by atoms with Gasteiger partial charge >= 0.3 is 0 Å². The molecule has 152 valence electrons. The number of benzene rings is 2. The Bertz CT molecular complexity index is 983. The van der Waals surface area contributed by atoms with Crippen LogP contribution in [0.5, 0.6) is 5.75 Å². The second kappa shape index (κ2) is 8.88. The minimum atomic E-state index is -0.374. The molecular formula is C22H23FN2O3S. The Balaban J connectivity index is 1.58. The summed E-state index contributed by atoms with van der Waals surface area (Å²) in [7, 11) is 0. The summed E-state index contributed by atoms with van der Waals surface area (Å²) in [4.78, 5) is 19.3. The maximum absolute atomic E-state index is 14.1. The van der Waals surface area contributed by atoms with Crippen LogP contribution in [-0.2, 0) is 16.0 Å². The summed E-state index contributed by atoms with van der Waals surface area (Å²) in [6.45, 7) is 3.67. The lowest BCUT2D eigenvalue weighted by Crippen LogP contribution is -2.38. The van der Waals surface area contributed by atoms with E-state index in [1.807, 2.05) is 37.3 Å². The summed E-state index contributed by atoms with van der Waals surface area (Å²) in [6, 6.07) is 12.4. The van der Waals surface area contributed by atoms with Crippen LogP contribution in [0.1, 0.15) is 25.3 Å². The fourth-order valence-electron chi connectivity index (χ4n) is 3.44. The van der Waals surface area contributed by atoms with Crippen molar-refractivity contribution < 1.29 is 18.7 Å². The van der Waals surface area contributed by atoms with E-state index in [9.17, 15) is 9.18 Å². The first-order chi connectivity index (χ1) is 14.1. The van der Waals surface area contributed by atoms with Gasteiger partial charge in [0.2, 0.25) is 5.91 Å². The molecule has 0 unspecified atom stereocenters. The average Bonchev–Trinajstić information content (AvgIpc) is 3.38. The molecule has 3 aromatic rings. The number of para-hydroxylation sites is 1. The zero-order valence-electron chi connectivity index (χ0n) is 16.3. The third-order valence-electron chi connectivity index (χ3n) is 4.89. The number of aromatic nitrogens is 1. The largest absolute Gasteiger partial charge is 0.494 e.